The molecule has 1 aliphatic heterocycles. The number of carbonyl (C=O) groups is 1. The predicted molar refractivity (Wildman–Crippen MR) is 71.6 cm³/mol. The maximum atomic E-state index is 12.4. The zero-order valence-corrected chi connectivity index (χ0v) is 10.9. The van der Waals surface area contributed by atoms with Gasteiger partial charge >= 0.3 is 0 Å². The summed E-state index contributed by atoms with van der Waals surface area (Å²) in [5.74, 6) is -0.0446. The first-order chi connectivity index (χ1) is 8.65. The highest BCUT2D eigenvalue weighted by Crippen LogP contribution is 2.24. The molecule has 0 bridgehead atoms. The van der Waals surface area contributed by atoms with Crippen molar-refractivity contribution in [2.24, 2.45) is 0 Å². The number of nitrogens with one attached hydrogen (secondary N) is 1. The summed E-state index contributed by atoms with van der Waals surface area (Å²) in [5, 5.41) is 12.4. The second kappa shape index (κ2) is 5.50. The van der Waals surface area contributed by atoms with E-state index >= 15 is 0 Å². The van der Waals surface area contributed by atoms with Crippen molar-refractivity contribution in [2.75, 3.05) is 18.1 Å². The van der Waals surface area contributed by atoms with Crippen LogP contribution in [0.4, 0.5) is 5.69 Å². The van der Waals surface area contributed by atoms with Crippen molar-refractivity contribution in [2.45, 2.75) is 32.4 Å². The summed E-state index contributed by atoms with van der Waals surface area (Å²) in [6.45, 7) is 4.64. The molecule has 1 amide bonds. The zero-order chi connectivity index (χ0) is 13.1. The third-order valence-corrected chi connectivity index (χ3v) is 3.49. The Balaban J connectivity index is 2.38. The molecule has 2 atom stereocenters. The third kappa shape index (κ3) is 2.40. The fourth-order valence-electron chi connectivity index (χ4n) is 2.40. The fourth-order valence-corrected chi connectivity index (χ4v) is 2.40. The molecule has 2 N–H and O–H groups in total. The van der Waals surface area contributed by atoms with E-state index in [1.807, 2.05) is 43.0 Å². The van der Waals surface area contributed by atoms with Crippen molar-refractivity contribution >= 4 is 11.6 Å². The van der Waals surface area contributed by atoms with Crippen LogP contribution in [0.15, 0.2) is 24.3 Å². The average molecular weight is 248 g/mol. The highest BCUT2D eigenvalue weighted by atomic mass is 16.3. The molecule has 1 aliphatic rings. The summed E-state index contributed by atoms with van der Waals surface area (Å²) in [7, 11) is 0. The number of aliphatic hydroxyl groups excluding tert-OH is 1. The summed E-state index contributed by atoms with van der Waals surface area (Å²) in [6, 6.07) is 7.52. The van der Waals surface area contributed by atoms with Crippen LogP contribution in [0.25, 0.3) is 0 Å². The lowest BCUT2D eigenvalue weighted by molar-refractivity contribution is -0.121. The van der Waals surface area contributed by atoms with E-state index in [4.69, 9.17) is 0 Å². The van der Waals surface area contributed by atoms with Gasteiger partial charge in [0.1, 0.15) is 6.04 Å². The molecule has 1 saturated heterocycles. The largest absolute Gasteiger partial charge is 0.394 e. The maximum Gasteiger partial charge on any atom is 0.246 e. The van der Waals surface area contributed by atoms with E-state index in [1.54, 1.807) is 0 Å². The van der Waals surface area contributed by atoms with Gasteiger partial charge in [0.2, 0.25) is 5.91 Å². The van der Waals surface area contributed by atoms with E-state index in [0.717, 1.165) is 24.2 Å². The minimum absolute atomic E-state index is 0.0446. The number of aryl methyl sites for hydroxylation is 1. The van der Waals surface area contributed by atoms with Gasteiger partial charge in [-0.25, -0.2) is 0 Å². The van der Waals surface area contributed by atoms with Crippen LogP contribution in [0, 0.1) is 6.92 Å². The predicted octanol–water partition coefficient (Wildman–Crippen LogP) is 1.07. The van der Waals surface area contributed by atoms with E-state index in [0.29, 0.717) is 0 Å². The Morgan fingerprint density at radius 3 is 2.83 bits per heavy atom. The molecule has 4 nitrogen and oxygen atoms in total. The minimum Gasteiger partial charge on any atom is -0.394 e. The van der Waals surface area contributed by atoms with Crippen LogP contribution in [0.2, 0.25) is 0 Å². The molecule has 1 aromatic carbocycles. The number of hydrogen-bond acceptors (Lipinski definition) is 3. The molecular formula is C14H20N2O2. The molecule has 98 valence electrons. The van der Waals surface area contributed by atoms with Crippen LogP contribution in [0.1, 0.15) is 18.9 Å². The molecule has 1 fully saturated rings. The Kier molecular flexibility index (Phi) is 3.99. The van der Waals surface area contributed by atoms with E-state index < -0.39 is 6.04 Å². The van der Waals surface area contributed by atoms with Crippen LogP contribution in [0.5, 0.6) is 0 Å². The molecule has 0 saturated carbocycles. The number of hydrogen-bond donors (Lipinski definition) is 2. The Hall–Kier alpha value is -1.39. The molecular weight excluding hydrogens is 228 g/mol. The summed E-state index contributed by atoms with van der Waals surface area (Å²) in [4.78, 5) is 14.3. The topological polar surface area (TPSA) is 52.6 Å². The standard InChI is InChI=1S/C14H20N2O2/c1-10-5-3-4-6-13(10)16-11(2)7-8-15-12(9-17)14(16)18/h3-6,11-12,15,17H,7-9H2,1-2H3. The Labute approximate surface area is 108 Å². The van der Waals surface area contributed by atoms with Gasteiger partial charge in [-0.05, 0) is 38.4 Å². The number of rotatable bonds is 2. The van der Waals surface area contributed by atoms with Gasteiger partial charge in [0.15, 0.2) is 0 Å². The summed E-state index contributed by atoms with van der Waals surface area (Å²) < 4.78 is 0. The zero-order valence-electron chi connectivity index (χ0n) is 10.9. The van der Waals surface area contributed by atoms with Crippen LogP contribution in [-0.2, 0) is 4.79 Å². The van der Waals surface area contributed by atoms with E-state index in [-0.39, 0.29) is 18.6 Å². The highest BCUT2D eigenvalue weighted by molar-refractivity contribution is 5.98. The Morgan fingerprint density at radius 1 is 1.44 bits per heavy atom. The fraction of sp³-hybridized carbons (Fsp3) is 0.500. The van der Waals surface area contributed by atoms with E-state index in [1.165, 1.54) is 0 Å². The number of anilines is 1. The first-order valence-electron chi connectivity index (χ1n) is 6.38. The second-order valence-electron chi connectivity index (χ2n) is 4.82. The third-order valence-electron chi connectivity index (χ3n) is 3.49. The maximum absolute atomic E-state index is 12.4. The summed E-state index contributed by atoms with van der Waals surface area (Å²) in [6.07, 6.45) is 0.885. The number of aliphatic hydroxyl groups is 1. The first-order valence-corrected chi connectivity index (χ1v) is 6.38. The van der Waals surface area contributed by atoms with Crippen molar-refractivity contribution in [3.05, 3.63) is 29.8 Å². The minimum atomic E-state index is -0.491. The van der Waals surface area contributed by atoms with Crippen LogP contribution >= 0.6 is 0 Å². The van der Waals surface area contributed by atoms with Gasteiger partial charge in [-0.2, -0.15) is 0 Å². The molecule has 1 aromatic rings. The van der Waals surface area contributed by atoms with Gasteiger partial charge in [-0.3, -0.25) is 4.79 Å². The van der Waals surface area contributed by atoms with Crippen molar-refractivity contribution in [1.82, 2.24) is 5.32 Å². The molecule has 2 rings (SSSR count). The van der Waals surface area contributed by atoms with Gasteiger partial charge in [0.05, 0.1) is 6.61 Å². The molecule has 0 spiro atoms. The van der Waals surface area contributed by atoms with Crippen molar-refractivity contribution < 1.29 is 9.90 Å². The number of nitrogens with zero attached hydrogens (tertiary/aromatic N) is 1. The summed E-state index contributed by atoms with van der Waals surface area (Å²) in [5.41, 5.74) is 2.02. The number of benzene rings is 1. The average Bonchev–Trinajstić information content (AvgIpc) is 2.50. The lowest BCUT2D eigenvalue weighted by Gasteiger charge is -2.30. The smallest absolute Gasteiger partial charge is 0.246 e. The molecule has 4 heteroatoms. The number of amides is 1. The first kappa shape index (κ1) is 13.1. The highest BCUT2D eigenvalue weighted by Gasteiger charge is 2.31. The lowest BCUT2D eigenvalue weighted by Crippen LogP contribution is -2.48. The van der Waals surface area contributed by atoms with Crippen LogP contribution in [-0.4, -0.2) is 36.2 Å². The molecule has 0 radical (unpaired) electrons. The molecule has 2 unspecified atom stereocenters. The quantitative estimate of drug-likeness (QED) is 0.823. The van der Waals surface area contributed by atoms with Crippen molar-refractivity contribution in [3.63, 3.8) is 0 Å². The second-order valence-corrected chi connectivity index (χ2v) is 4.82. The molecule has 18 heavy (non-hydrogen) atoms. The Bertz CT molecular complexity index is 434. The normalized spacial score (nSPS) is 25.1. The Morgan fingerprint density at radius 2 is 2.17 bits per heavy atom. The van der Waals surface area contributed by atoms with Crippen LogP contribution in [0.3, 0.4) is 0 Å². The van der Waals surface area contributed by atoms with Crippen molar-refractivity contribution in [3.8, 4) is 0 Å². The molecule has 0 aromatic heterocycles. The van der Waals surface area contributed by atoms with E-state index in [2.05, 4.69) is 5.32 Å². The monoisotopic (exact) mass is 248 g/mol. The summed E-state index contributed by atoms with van der Waals surface area (Å²) >= 11 is 0. The van der Waals surface area contributed by atoms with Gasteiger partial charge in [-0.15, -0.1) is 0 Å². The van der Waals surface area contributed by atoms with E-state index in [9.17, 15) is 9.90 Å². The number of carbonyl (C=O) groups excluding carboxylic acids is 1. The van der Waals surface area contributed by atoms with Crippen LogP contribution < -0.4 is 10.2 Å². The van der Waals surface area contributed by atoms with Gasteiger partial charge in [0, 0.05) is 11.7 Å². The number of para-hydroxylation sites is 1. The SMILES string of the molecule is Cc1ccccc1N1C(=O)C(CO)NCCC1C. The van der Waals surface area contributed by atoms with Gasteiger partial charge in [0.25, 0.3) is 0 Å². The lowest BCUT2D eigenvalue weighted by atomic mass is 10.1. The van der Waals surface area contributed by atoms with Gasteiger partial charge in [-0.1, -0.05) is 18.2 Å². The van der Waals surface area contributed by atoms with Gasteiger partial charge < -0.3 is 15.3 Å². The van der Waals surface area contributed by atoms with Crippen molar-refractivity contribution in [1.29, 1.82) is 0 Å². The molecule has 1 heterocycles. The molecule has 0 aliphatic carbocycles.